The van der Waals surface area contributed by atoms with Crippen molar-refractivity contribution in [2.75, 3.05) is 0 Å². The number of benzene rings is 2. The summed E-state index contributed by atoms with van der Waals surface area (Å²) in [6, 6.07) is 16.6. The molecule has 1 saturated carbocycles. The van der Waals surface area contributed by atoms with Gasteiger partial charge in [0.25, 0.3) is 5.91 Å². The fourth-order valence-corrected chi connectivity index (χ4v) is 3.85. The van der Waals surface area contributed by atoms with Crippen molar-refractivity contribution in [3.8, 4) is 11.8 Å². The molecule has 0 aliphatic heterocycles. The molecule has 2 amide bonds. The second-order valence-corrected chi connectivity index (χ2v) is 8.28. The van der Waals surface area contributed by atoms with Crippen molar-refractivity contribution in [3.05, 3.63) is 65.2 Å². The molecule has 1 aliphatic rings. The zero-order valence-corrected chi connectivity index (χ0v) is 18.1. The van der Waals surface area contributed by atoms with Gasteiger partial charge in [-0.15, -0.1) is 0 Å². The smallest absolute Gasteiger partial charge is 0.251 e. The number of amides is 2. The van der Waals surface area contributed by atoms with E-state index in [4.69, 9.17) is 10.00 Å². The molecule has 2 N–H and O–H groups in total. The van der Waals surface area contributed by atoms with Crippen LogP contribution in [0.15, 0.2) is 48.5 Å². The molecule has 2 atom stereocenters. The van der Waals surface area contributed by atoms with Crippen LogP contribution in [-0.4, -0.2) is 23.9 Å². The number of hydrogen-bond donors (Lipinski definition) is 2. The van der Waals surface area contributed by atoms with Crippen LogP contribution in [0.1, 0.15) is 61.0 Å². The van der Waals surface area contributed by atoms with Crippen molar-refractivity contribution in [3.63, 3.8) is 0 Å². The first-order chi connectivity index (χ1) is 15.0. The molecule has 162 valence electrons. The van der Waals surface area contributed by atoms with Crippen molar-refractivity contribution < 1.29 is 14.3 Å². The van der Waals surface area contributed by atoms with Gasteiger partial charge in [-0.2, -0.15) is 5.26 Å². The van der Waals surface area contributed by atoms with Gasteiger partial charge in [-0.05, 0) is 63.4 Å². The molecule has 1 aliphatic carbocycles. The Bertz CT molecular complexity index is 947. The Balaban J connectivity index is 1.53. The number of hydrogen-bond acceptors (Lipinski definition) is 4. The lowest BCUT2D eigenvalue weighted by Crippen LogP contribution is -2.43. The van der Waals surface area contributed by atoms with Crippen LogP contribution in [-0.2, 0) is 11.4 Å². The average molecular weight is 420 g/mol. The van der Waals surface area contributed by atoms with Crippen LogP contribution in [0.25, 0.3) is 0 Å². The molecular formula is C25H29N3O3. The first kappa shape index (κ1) is 22.4. The lowest BCUT2D eigenvalue weighted by Gasteiger charge is -2.29. The quantitative estimate of drug-likeness (QED) is 0.711. The Morgan fingerprint density at radius 3 is 2.58 bits per heavy atom. The molecule has 0 spiro atoms. The maximum Gasteiger partial charge on any atom is 0.251 e. The van der Waals surface area contributed by atoms with Crippen molar-refractivity contribution in [1.29, 1.82) is 5.26 Å². The van der Waals surface area contributed by atoms with Gasteiger partial charge in [0.15, 0.2) is 0 Å². The molecule has 2 aromatic rings. The highest BCUT2D eigenvalue weighted by Gasteiger charge is 2.28. The van der Waals surface area contributed by atoms with E-state index in [9.17, 15) is 9.59 Å². The summed E-state index contributed by atoms with van der Waals surface area (Å²) in [7, 11) is 0. The van der Waals surface area contributed by atoms with Gasteiger partial charge in [0.1, 0.15) is 12.4 Å². The fraction of sp³-hybridized carbons (Fsp3) is 0.400. The average Bonchev–Trinajstić information content (AvgIpc) is 2.78. The Morgan fingerprint density at radius 2 is 1.87 bits per heavy atom. The third-order valence-electron chi connectivity index (χ3n) is 5.46. The second-order valence-electron chi connectivity index (χ2n) is 8.28. The van der Waals surface area contributed by atoms with E-state index in [1.54, 1.807) is 30.3 Å². The second kappa shape index (κ2) is 10.6. The van der Waals surface area contributed by atoms with Crippen LogP contribution in [0.5, 0.6) is 5.75 Å². The summed E-state index contributed by atoms with van der Waals surface area (Å²) < 4.78 is 5.76. The van der Waals surface area contributed by atoms with Gasteiger partial charge in [-0.3, -0.25) is 9.59 Å². The lowest BCUT2D eigenvalue weighted by molar-refractivity contribution is -0.126. The number of ether oxygens (including phenoxy) is 1. The van der Waals surface area contributed by atoms with E-state index in [-0.39, 0.29) is 36.4 Å². The molecule has 0 bridgehead atoms. The van der Waals surface area contributed by atoms with E-state index in [0.29, 0.717) is 23.3 Å². The first-order valence-electron chi connectivity index (χ1n) is 10.8. The fourth-order valence-electron chi connectivity index (χ4n) is 3.85. The van der Waals surface area contributed by atoms with Crippen molar-refractivity contribution in [1.82, 2.24) is 10.6 Å². The molecule has 31 heavy (non-hydrogen) atoms. The summed E-state index contributed by atoms with van der Waals surface area (Å²) in [5.74, 6) is 0.519. The van der Waals surface area contributed by atoms with Crippen LogP contribution in [0.3, 0.4) is 0 Å². The first-order valence-corrected chi connectivity index (χ1v) is 10.8. The van der Waals surface area contributed by atoms with Crippen LogP contribution in [0.4, 0.5) is 0 Å². The predicted molar refractivity (Wildman–Crippen MR) is 118 cm³/mol. The Morgan fingerprint density at radius 1 is 1.13 bits per heavy atom. The van der Waals surface area contributed by atoms with Crippen LogP contribution in [0.2, 0.25) is 0 Å². The van der Waals surface area contributed by atoms with Gasteiger partial charge in [0, 0.05) is 29.1 Å². The maximum atomic E-state index is 12.7. The molecule has 0 aromatic heterocycles. The minimum atomic E-state index is -0.142. The van der Waals surface area contributed by atoms with E-state index in [1.165, 1.54) is 0 Å². The van der Waals surface area contributed by atoms with Gasteiger partial charge in [-0.25, -0.2) is 0 Å². The molecule has 0 heterocycles. The normalized spacial score (nSPS) is 18.1. The molecule has 2 unspecified atom stereocenters. The predicted octanol–water partition coefficient (Wildman–Crippen LogP) is 3.95. The van der Waals surface area contributed by atoms with Gasteiger partial charge in [0.2, 0.25) is 5.91 Å². The van der Waals surface area contributed by atoms with Gasteiger partial charge < -0.3 is 15.4 Å². The number of nitrogens with one attached hydrogen (secondary N) is 2. The monoisotopic (exact) mass is 419 g/mol. The Labute approximate surface area is 183 Å². The topological polar surface area (TPSA) is 91.2 Å². The third-order valence-corrected chi connectivity index (χ3v) is 5.46. The summed E-state index contributed by atoms with van der Waals surface area (Å²) >= 11 is 0. The highest BCUT2D eigenvalue weighted by atomic mass is 16.5. The van der Waals surface area contributed by atoms with Crippen molar-refractivity contribution in [2.45, 2.75) is 58.2 Å². The summed E-state index contributed by atoms with van der Waals surface area (Å²) in [6.45, 7) is 4.20. The summed E-state index contributed by atoms with van der Waals surface area (Å²) in [4.78, 5) is 24.9. The summed E-state index contributed by atoms with van der Waals surface area (Å²) in [6.07, 6.45) is 3.35. The van der Waals surface area contributed by atoms with E-state index >= 15 is 0 Å². The van der Waals surface area contributed by atoms with E-state index < -0.39 is 0 Å². The Kier molecular flexibility index (Phi) is 7.66. The summed E-state index contributed by atoms with van der Waals surface area (Å²) in [5, 5.41) is 15.2. The lowest BCUT2D eigenvalue weighted by atomic mass is 9.85. The molecule has 2 aromatic carbocycles. The number of nitriles is 1. The molecule has 1 fully saturated rings. The maximum absolute atomic E-state index is 12.7. The van der Waals surface area contributed by atoms with E-state index in [0.717, 1.165) is 24.8 Å². The summed E-state index contributed by atoms with van der Waals surface area (Å²) in [5.41, 5.74) is 1.96. The van der Waals surface area contributed by atoms with Crippen LogP contribution < -0.4 is 15.4 Å². The standard InChI is InChI=1S/C25H29N3O3/c1-17(2)27-25(30)19-8-5-9-22(14-19)28-24(29)18-10-12-23(13-11-18)31-16-21-7-4-3-6-20(21)15-26/h3-4,6-7,10-13,17,19,22H,5,8-9,14,16H2,1-2H3,(H,27,30)(H,28,29). The van der Waals surface area contributed by atoms with E-state index in [2.05, 4.69) is 16.7 Å². The minimum absolute atomic E-state index is 0.00238. The molecule has 0 radical (unpaired) electrons. The largest absolute Gasteiger partial charge is 0.489 e. The van der Waals surface area contributed by atoms with Crippen molar-refractivity contribution in [2.24, 2.45) is 5.92 Å². The van der Waals surface area contributed by atoms with Crippen LogP contribution in [0, 0.1) is 17.2 Å². The van der Waals surface area contributed by atoms with E-state index in [1.807, 2.05) is 32.0 Å². The molecule has 6 nitrogen and oxygen atoms in total. The number of nitrogens with zero attached hydrogens (tertiary/aromatic N) is 1. The third kappa shape index (κ3) is 6.32. The van der Waals surface area contributed by atoms with Gasteiger partial charge in [0.05, 0.1) is 11.6 Å². The van der Waals surface area contributed by atoms with Gasteiger partial charge in [-0.1, -0.05) is 24.6 Å². The molecule has 6 heteroatoms. The molecular weight excluding hydrogens is 390 g/mol. The van der Waals surface area contributed by atoms with Gasteiger partial charge >= 0.3 is 0 Å². The van der Waals surface area contributed by atoms with Crippen LogP contribution >= 0.6 is 0 Å². The minimum Gasteiger partial charge on any atom is -0.489 e. The zero-order chi connectivity index (χ0) is 22.2. The number of carbonyl (C=O) groups excluding carboxylic acids is 2. The highest BCUT2D eigenvalue weighted by molar-refractivity contribution is 5.94. The zero-order valence-electron chi connectivity index (χ0n) is 18.1. The Hall–Kier alpha value is -3.33. The molecule has 3 rings (SSSR count). The highest BCUT2D eigenvalue weighted by Crippen LogP contribution is 2.25. The SMILES string of the molecule is CC(C)NC(=O)C1CCCC(NC(=O)c2ccc(OCc3ccccc3C#N)cc2)C1. The molecule has 0 saturated heterocycles. The van der Waals surface area contributed by atoms with Crippen molar-refractivity contribution >= 4 is 11.8 Å². The number of rotatable bonds is 7. The number of carbonyl (C=O) groups is 2.